The van der Waals surface area contributed by atoms with Crippen molar-refractivity contribution < 1.29 is 17.9 Å². The van der Waals surface area contributed by atoms with E-state index >= 15 is 0 Å². The van der Waals surface area contributed by atoms with Gasteiger partial charge < -0.3 is 10.5 Å². The van der Waals surface area contributed by atoms with Gasteiger partial charge in [-0.15, -0.1) is 0 Å². The minimum absolute atomic E-state index is 0.0549. The smallest absolute Gasteiger partial charge is 0.339 e. The summed E-state index contributed by atoms with van der Waals surface area (Å²) in [7, 11) is -2.42. The van der Waals surface area contributed by atoms with Crippen molar-refractivity contribution in [3.8, 4) is 0 Å². The molecule has 2 N–H and O–H groups in total. The molecule has 7 heteroatoms. The lowest BCUT2D eigenvalue weighted by molar-refractivity contribution is -0.135. The van der Waals surface area contributed by atoms with Gasteiger partial charge in [-0.3, -0.25) is 0 Å². The average Bonchev–Trinajstić information content (AvgIpc) is 2.73. The maximum Gasteiger partial charge on any atom is 0.339 e. The van der Waals surface area contributed by atoms with E-state index in [1.807, 2.05) is 13.8 Å². The molecule has 130 valence electrons. The van der Waals surface area contributed by atoms with Crippen LogP contribution in [0.25, 0.3) is 0 Å². The molecule has 0 saturated carbocycles. The first-order chi connectivity index (χ1) is 11.3. The zero-order chi connectivity index (χ0) is 17.9. The Labute approximate surface area is 142 Å². The average molecular weight is 350 g/mol. The largest absolute Gasteiger partial charge is 0.465 e. The Morgan fingerprint density at radius 3 is 2.46 bits per heavy atom. The van der Waals surface area contributed by atoms with Crippen LogP contribution in [0.15, 0.2) is 52.1 Å². The molecular weight excluding hydrogens is 328 g/mol. The van der Waals surface area contributed by atoms with Crippen molar-refractivity contribution in [2.75, 3.05) is 20.2 Å². The van der Waals surface area contributed by atoms with Crippen molar-refractivity contribution >= 4 is 16.0 Å². The third kappa shape index (κ3) is 3.52. The van der Waals surface area contributed by atoms with Crippen molar-refractivity contribution in [2.24, 2.45) is 5.73 Å². The zero-order valence-electron chi connectivity index (χ0n) is 14.1. The van der Waals surface area contributed by atoms with Gasteiger partial charge in [-0.2, -0.15) is 4.31 Å². The van der Waals surface area contributed by atoms with E-state index in [0.29, 0.717) is 12.0 Å². The van der Waals surface area contributed by atoms with E-state index in [2.05, 4.69) is 0 Å². The molecule has 0 spiro atoms. The van der Waals surface area contributed by atoms with E-state index < -0.39 is 16.0 Å². The molecule has 1 aromatic rings. The predicted octanol–water partition coefficient (Wildman–Crippen LogP) is 1.72. The second-order valence-corrected chi connectivity index (χ2v) is 7.52. The fourth-order valence-electron chi connectivity index (χ4n) is 2.58. The number of hydrogen-bond donors (Lipinski definition) is 1. The lowest BCUT2D eigenvalue weighted by atomic mass is 10.0. The van der Waals surface area contributed by atoms with Crippen LogP contribution in [0.2, 0.25) is 0 Å². The molecule has 1 aliphatic rings. The van der Waals surface area contributed by atoms with Crippen LogP contribution in [0.3, 0.4) is 0 Å². The van der Waals surface area contributed by atoms with E-state index in [-0.39, 0.29) is 29.3 Å². The summed E-state index contributed by atoms with van der Waals surface area (Å²) in [5.41, 5.74) is 8.18. The van der Waals surface area contributed by atoms with Crippen LogP contribution < -0.4 is 5.73 Å². The summed E-state index contributed by atoms with van der Waals surface area (Å²) in [4.78, 5) is 12.2. The molecule has 0 radical (unpaired) electrons. The molecule has 1 aliphatic heterocycles. The van der Waals surface area contributed by atoms with Crippen LogP contribution in [-0.4, -0.2) is 38.9 Å². The Bertz CT molecular complexity index is 792. The minimum Gasteiger partial charge on any atom is -0.465 e. The van der Waals surface area contributed by atoms with E-state index in [4.69, 9.17) is 10.5 Å². The molecule has 1 aromatic carbocycles. The second kappa shape index (κ2) is 7.19. The molecule has 0 saturated heterocycles. The highest BCUT2D eigenvalue weighted by Crippen LogP contribution is 2.25. The fraction of sp³-hybridized carbons (Fsp3) is 0.353. The van der Waals surface area contributed by atoms with Gasteiger partial charge in [-0.05, 0) is 31.1 Å². The first-order valence-electron chi connectivity index (χ1n) is 7.64. The monoisotopic (exact) mass is 350 g/mol. The van der Waals surface area contributed by atoms with Crippen LogP contribution in [0.5, 0.6) is 0 Å². The molecule has 0 aliphatic carbocycles. The third-order valence-corrected chi connectivity index (χ3v) is 5.79. The number of rotatable bonds is 4. The Balaban J connectivity index is 2.44. The second-order valence-electron chi connectivity index (χ2n) is 5.59. The number of aryl methyl sites for hydroxylation is 1. The highest BCUT2D eigenvalue weighted by molar-refractivity contribution is 7.89. The number of methoxy groups -OCH3 is 1. The molecule has 0 aromatic heterocycles. The molecule has 6 nitrogen and oxygen atoms in total. The highest BCUT2D eigenvalue weighted by atomic mass is 32.2. The number of ether oxygens (including phenoxy) is 1. The predicted molar refractivity (Wildman–Crippen MR) is 91.5 cm³/mol. The number of nitrogens with two attached hydrogens (primary N) is 1. The number of benzene rings is 1. The van der Waals surface area contributed by atoms with Crippen LogP contribution in [-0.2, 0) is 19.6 Å². The summed E-state index contributed by atoms with van der Waals surface area (Å²) in [5, 5.41) is 0. The first kappa shape index (κ1) is 18.2. The lowest BCUT2D eigenvalue weighted by Gasteiger charge is -2.20. The SMILES string of the molecule is CCC1=CCN(S(=O)(=O)c2ccc(C)cc2)CC(N)=C1C(=O)OC. The Morgan fingerprint density at radius 2 is 1.92 bits per heavy atom. The summed E-state index contributed by atoms with van der Waals surface area (Å²) in [6, 6.07) is 6.64. The lowest BCUT2D eigenvalue weighted by Crippen LogP contribution is -2.34. The number of carbonyl (C=O) groups excluding carboxylic acids is 1. The summed E-state index contributed by atoms with van der Waals surface area (Å²) in [6.45, 7) is 3.87. The van der Waals surface area contributed by atoms with E-state index in [0.717, 1.165) is 5.56 Å². The van der Waals surface area contributed by atoms with Crippen molar-refractivity contribution in [3.05, 3.63) is 52.7 Å². The molecule has 0 bridgehead atoms. The number of hydrogen-bond acceptors (Lipinski definition) is 5. The Kier molecular flexibility index (Phi) is 5.46. The first-order valence-corrected chi connectivity index (χ1v) is 9.08. The van der Waals surface area contributed by atoms with Gasteiger partial charge in [0.2, 0.25) is 10.0 Å². The van der Waals surface area contributed by atoms with Crippen molar-refractivity contribution in [1.29, 1.82) is 0 Å². The van der Waals surface area contributed by atoms with E-state index in [9.17, 15) is 13.2 Å². The number of carbonyl (C=O) groups is 1. The van der Waals surface area contributed by atoms with Gasteiger partial charge in [0.25, 0.3) is 0 Å². The van der Waals surface area contributed by atoms with Crippen molar-refractivity contribution in [3.63, 3.8) is 0 Å². The molecule has 24 heavy (non-hydrogen) atoms. The maximum atomic E-state index is 12.8. The van der Waals surface area contributed by atoms with Gasteiger partial charge in [0.1, 0.15) is 0 Å². The van der Waals surface area contributed by atoms with Crippen LogP contribution >= 0.6 is 0 Å². The number of sulfonamides is 1. The maximum absolute atomic E-state index is 12.8. The topological polar surface area (TPSA) is 89.7 Å². The molecule has 2 rings (SSSR count). The minimum atomic E-state index is -3.70. The van der Waals surface area contributed by atoms with Crippen molar-refractivity contribution in [1.82, 2.24) is 4.31 Å². The molecule has 0 fully saturated rings. The zero-order valence-corrected chi connectivity index (χ0v) is 14.9. The standard InChI is InChI=1S/C17H22N2O4S/c1-4-13-9-10-19(11-15(18)16(13)17(20)23-3)24(21,22)14-7-5-12(2)6-8-14/h5-9H,4,10-11,18H2,1-3H3. The van der Waals surface area contributed by atoms with E-state index in [1.54, 1.807) is 30.3 Å². The summed E-state index contributed by atoms with van der Waals surface area (Å²) >= 11 is 0. The Hall–Kier alpha value is -2.12. The molecule has 0 atom stereocenters. The van der Waals surface area contributed by atoms with Crippen LogP contribution in [0.4, 0.5) is 0 Å². The van der Waals surface area contributed by atoms with E-state index in [1.165, 1.54) is 11.4 Å². The summed E-state index contributed by atoms with van der Waals surface area (Å²) in [6.07, 6.45) is 2.28. The fourth-order valence-corrected chi connectivity index (χ4v) is 3.94. The van der Waals surface area contributed by atoms with Gasteiger partial charge >= 0.3 is 5.97 Å². The number of nitrogens with zero attached hydrogens (tertiary/aromatic N) is 1. The van der Waals surface area contributed by atoms with Crippen molar-refractivity contribution in [2.45, 2.75) is 25.2 Å². The molecule has 0 unspecified atom stereocenters. The third-order valence-electron chi connectivity index (χ3n) is 3.96. The van der Waals surface area contributed by atoms with Gasteiger partial charge in [0.15, 0.2) is 0 Å². The normalized spacial score (nSPS) is 16.5. The van der Waals surface area contributed by atoms with Gasteiger partial charge in [-0.25, -0.2) is 13.2 Å². The summed E-state index contributed by atoms with van der Waals surface area (Å²) in [5.74, 6) is -0.546. The quantitative estimate of drug-likeness (QED) is 0.835. The molecular formula is C17H22N2O4S. The van der Waals surface area contributed by atoms with Crippen LogP contribution in [0, 0.1) is 6.92 Å². The molecule has 0 amide bonds. The molecule has 1 heterocycles. The summed E-state index contributed by atoms with van der Waals surface area (Å²) < 4.78 is 31.7. The number of esters is 1. The van der Waals surface area contributed by atoms with Gasteiger partial charge in [0.05, 0.1) is 24.1 Å². The van der Waals surface area contributed by atoms with Gasteiger partial charge in [0, 0.05) is 12.2 Å². The van der Waals surface area contributed by atoms with Crippen LogP contribution in [0.1, 0.15) is 18.9 Å². The Morgan fingerprint density at radius 1 is 1.29 bits per heavy atom. The van der Waals surface area contributed by atoms with Gasteiger partial charge in [-0.1, -0.05) is 30.7 Å². The highest BCUT2D eigenvalue weighted by Gasteiger charge is 2.29.